The quantitative estimate of drug-likeness (QED) is 0.852. The van der Waals surface area contributed by atoms with Gasteiger partial charge in [-0.05, 0) is 18.2 Å². The summed E-state index contributed by atoms with van der Waals surface area (Å²) in [7, 11) is 0. The van der Waals surface area contributed by atoms with Gasteiger partial charge in [-0.3, -0.25) is 4.79 Å². The van der Waals surface area contributed by atoms with E-state index in [0.29, 0.717) is 6.29 Å². The molecule has 0 heterocycles. The molecule has 0 fully saturated rings. The Bertz CT molecular complexity index is 409. The summed E-state index contributed by atoms with van der Waals surface area (Å²) in [5.74, 6) is -0.146. The lowest BCUT2D eigenvalue weighted by molar-refractivity contribution is -0.137. The van der Waals surface area contributed by atoms with E-state index in [1.165, 1.54) is 6.07 Å². The molecule has 1 aromatic carbocycles. The number of halogens is 4. The minimum atomic E-state index is -4.53. The van der Waals surface area contributed by atoms with Gasteiger partial charge in [0.05, 0.1) is 5.56 Å². The fourth-order valence-electron chi connectivity index (χ4n) is 1.10. The Morgan fingerprint density at radius 3 is 2.53 bits per heavy atom. The van der Waals surface area contributed by atoms with Crippen molar-refractivity contribution in [2.24, 2.45) is 5.73 Å². The molecule has 2 N–H and O–H groups in total. The average Bonchev–Trinajstić information content (AvgIpc) is 2.24. The molecule has 17 heavy (non-hydrogen) atoms. The molecule has 1 unspecified atom stereocenters. The molecule has 0 aliphatic rings. The van der Waals surface area contributed by atoms with Gasteiger partial charge in [0.25, 0.3) is 0 Å². The molecule has 0 spiro atoms. The maximum Gasteiger partial charge on any atom is 0.416 e. The number of hydrogen-bond acceptors (Lipinski definition) is 3. The third-order valence-corrected chi connectivity index (χ3v) is 2.09. The van der Waals surface area contributed by atoms with Crippen molar-refractivity contribution in [3.05, 3.63) is 28.8 Å². The fraction of sp³-hybridized carbons (Fsp3) is 0.300. The van der Waals surface area contributed by atoms with Crippen LogP contribution in [0.1, 0.15) is 5.56 Å². The maximum absolute atomic E-state index is 12.4. The molecule has 1 rings (SSSR count). The predicted octanol–water partition coefficient (Wildman–Crippen LogP) is 2.26. The fourth-order valence-corrected chi connectivity index (χ4v) is 1.33. The molecule has 0 aliphatic heterocycles. The first kappa shape index (κ1) is 13.8. The monoisotopic (exact) mass is 267 g/mol. The van der Waals surface area contributed by atoms with Crippen molar-refractivity contribution in [1.29, 1.82) is 0 Å². The number of hydrogen-bond donors (Lipinski definition) is 1. The molecule has 3 nitrogen and oxygen atoms in total. The van der Waals surface area contributed by atoms with Gasteiger partial charge in [-0.15, -0.1) is 0 Å². The standard InChI is InChI=1S/C10H9ClF3NO2/c11-7-1-6(10(12,13)14)2-8(3-7)17-9(4-15)5-16/h1-3,5,9H,4,15H2. The van der Waals surface area contributed by atoms with Crippen molar-refractivity contribution >= 4 is 17.9 Å². The van der Waals surface area contributed by atoms with Gasteiger partial charge >= 0.3 is 6.18 Å². The molecule has 94 valence electrons. The second kappa shape index (κ2) is 5.37. The SMILES string of the molecule is NCC(C=O)Oc1cc(Cl)cc(C(F)(F)F)c1. The van der Waals surface area contributed by atoms with Crippen LogP contribution < -0.4 is 10.5 Å². The summed E-state index contributed by atoms with van der Waals surface area (Å²) < 4.78 is 42.3. The van der Waals surface area contributed by atoms with E-state index in [0.717, 1.165) is 12.1 Å². The second-order valence-corrected chi connectivity index (χ2v) is 3.64. The van der Waals surface area contributed by atoms with Crippen molar-refractivity contribution in [2.45, 2.75) is 12.3 Å². The largest absolute Gasteiger partial charge is 0.482 e. The highest BCUT2D eigenvalue weighted by atomic mass is 35.5. The van der Waals surface area contributed by atoms with E-state index in [1.54, 1.807) is 0 Å². The van der Waals surface area contributed by atoms with Crippen molar-refractivity contribution < 1.29 is 22.7 Å². The van der Waals surface area contributed by atoms with Crippen LogP contribution in [0.3, 0.4) is 0 Å². The summed E-state index contributed by atoms with van der Waals surface area (Å²) in [6, 6.07) is 2.72. The lowest BCUT2D eigenvalue weighted by Gasteiger charge is -2.14. The first-order chi connectivity index (χ1) is 7.86. The second-order valence-electron chi connectivity index (χ2n) is 3.20. The van der Waals surface area contributed by atoms with Gasteiger partial charge in [-0.1, -0.05) is 11.6 Å². The number of benzene rings is 1. The molecule has 1 atom stereocenters. The topological polar surface area (TPSA) is 52.3 Å². The molecular formula is C10H9ClF3NO2. The van der Waals surface area contributed by atoms with E-state index in [1.807, 2.05) is 0 Å². The number of nitrogens with two attached hydrogens (primary N) is 1. The molecule has 0 amide bonds. The smallest absolute Gasteiger partial charge is 0.416 e. The predicted molar refractivity (Wildman–Crippen MR) is 56.0 cm³/mol. The number of alkyl halides is 3. The number of carbonyl (C=O) groups is 1. The summed E-state index contributed by atoms with van der Waals surface area (Å²) in [6.45, 7) is -0.128. The maximum atomic E-state index is 12.4. The summed E-state index contributed by atoms with van der Waals surface area (Å²) >= 11 is 5.53. The number of ether oxygens (including phenoxy) is 1. The van der Waals surface area contributed by atoms with Crippen LogP contribution in [-0.2, 0) is 11.0 Å². The van der Waals surface area contributed by atoms with Gasteiger partial charge in [-0.25, -0.2) is 0 Å². The van der Waals surface area contributed by atoms with Crippen LogP contribution in [0.25, 0.3) is 0 Å². The Morgan fingerprint density at radius 1 is 1.41 bits per heavy atom. The van der Waals surface area contributed by atoms with Crippen molar-refractivity contribution in [3.63, 3.8) is 0 Å². The molecule has 7 heteroatoms. The van der Waals surface area contributed by atoms with Gasteiger partial charge in [0.15, 0.2) is 12.4 Å². The van der Waals surface area contributed by atoms with Crippen LogP contribution >= 0.6 is 11.6 Å². The van der Waals surface area contributed by atoms with Gasteiger partial charge < -0.3 is 10.5 Å². The molecule has 0 aliphatic carbocycles. The van der Waals surface area contributed by atoms with Gasteiger partial charge in [0.1, 0.15) is 5.75 Å². The third kappa shape index (κ3) is 3.90. The van der Waals surface area contributed by atoms with Crippen molar-refractivity contribution in [3.8, 4) is 5.75 Å². The van der Waals surface area contributed by atoms with E-state index >= 15 is 0 Å². The van der Waals surface area contributed by atoms with Crippen molar-refractivity contribution in [2.75, 3.05) is 6.54 Å². The molecule has 0 saturated heterocycles. The van der Waals surface area contributed by atoms with Crippen LogP contribution in [0.15, 0.2) is 18.2 Å². The van der Waals surface area contributed by atoms with Crippen LogP contribution in [0, 0.1) is 0 Å². The number of carbonyl (C=O) groups excluding carboxylic acids is 1. The number of aldehydes is 1. The molecule has 0 saturated carbocycles. The Balaban J connectivity index is 3.01. The average molecular weight is 268 g/mol. The van der Waals surface area contributed by atoms with E-state index in [9.17, 15) is 18.0 Å². The number of rotatable bonds is 4. The minimum absolute atomic E-state index is 0.128. The first-order valence-corrected chi connectivity index (χ1v) is 4.94. The van der Waals surface area contributed by atoms with Crippen LogP contribution in [0.5, 0.6) is 5.75 Å². The van der Waals surface area contributed by atoms with Gasteiger partial charge in [-0.2, -0.15) is 13.2 Å². The van der Waals surface area contributed by atoms with E-state index in [4.69, 9.17) is 22.1 Å². The summed E-state index contributed by atoms with van der Waals surface area (Å²) in [5, 5.41) is -0.128. The van der Waals surface area contributed by atoms with Crippen LogP contribution in [-0.4, -0.2) is 18.9 Å². The zero-order valence-corrected chi connectivity index (χ0v) is 9.26. The summed E-state index contributed by atoms with van der Waals surface area (Å²) in [4.78, 5) is 10.4. The zero-order chi connectivity index (χ0) is 13.1. The van der Waals surface area contributed by atoms with Gasteiger partial charge in [0.2, 0.25) is 0 Å². The lowest BCUT2D eigenvalue weighted by Crippen LogP contribution is -2.28. The summed E-state index contributed by atoms with van der Waals surface area (Å²) in [5.41, 5.74) is 4.24. The Morgan fingerprint density at radius 2 is 2.06 bits per heavy atom. The zero-order valence-electron chi connectivity index (χ0n) is 8.50. The normalized spacial score (nSPS) is 13.2. The molecular weight excluding hydrogens is 259 g/mol. The Hall–Kier alpha value is -1.27. The summed E-state index contributed by atoms with van der Waals surface area (Å²) in [6.07, 6.45) is -5.11. The van der Waals surface area contributed by atoms with Gasteiger partial charge in [0, 0.05) is 11.6 Å². The van der Waals surface area contributed by atoms with E-state index < -0.39 is 17.8 Å². The molecule has 0 aromatic heterocycles. The molecule has 0 bridgehead atoms. The highest BCUT2D eigenvalue weighted by Crippen LogP contribution is 2.34. The van der Waals surface area contributed by atoms with Crippen molar-refractivity contribution in [1.82, 2.24) is 0 Å². The molecule has 1 aromatic rings. The highest BCUT2D eigenvalue weighted by Gasteiger charge is 2.31. The van der Waals surface area contributed by atoms with E-state index in [2.05, 4.69) is 0 Å². The third-order valence-electron chi connectivity index (χ3n) is 1.87. The molecule has 0 radical (unpaired) electrons. The van der Waals surface area contributed by atoms with Crippen LogP contribution in [0.2, 0.25) is 5.02 Å². The lowest BCUT2D eigenvalue weighted by atomic mass is 10.2. The van der Waals surface area contributed by atoms with Crippen LogP contribution in [0.4, 0.5) is 13.2 Å². The van der Waals surface area contributed by atoms with E-state index in [-0.39, 0.29) is 17.3 Å². The minimum Gasteiger partial charge on any atom is -0.482 e. The Kier molecular flexibility index (Phi) is 4.36. The first-order valence-electron chi connectivity index (χ1n) is 4.56. The highest BCUT2D eigenvalue weighted by molar-refractivity contribution is 6.30. The Labute approximate surface area is 100 Å².